The summed E-state index contributed by atoms with van der Waals surface area (Å²) in [5.41, 5.74) is -10.8. The minimum Gasteiger partial charge on any atom is -0.472 e. The lowest BCUT2D eigenvalue weighted by Gasteiger charge is -2.78. The Morgan fingerprint density at radius 3 is 2.24 bits per heavy atom. The van der Waals surface area contributed by atoms with E-state index in [-0.39, 0.29) is 25.7 Å². The molecule has 0 radical (unpaired) electrons. The van der Waals surface area contributed by atoms with Crippen molar-refractivity contribution in [1.29, 1.82) is 0 Å². The Kier molecular flexibility index (Phi) is 8.04. The molecule has 4 bridgehead atoms. The third-order valence-corrected chi connectivity index (χ3v) is 15.0. The minimum atomic E-state index is -2.17. The zero-order chi connectivity index (χ0) is 40.1. The van der Waals surface area contributed by atoms with Crippen LogP contribution in [-0.4, -0.2) is 89.2 Å². The van der Waals surface area contributed by atoms with E-state index in [0.717, 1.165) is 0 Å². The molecule has 0 amide bonds. The molecule has 4 aliphatic carbocycles. The number of methoxy groups -OCH3 is 1. The monoisotopic (exact) mass is 790 g/mol. The maximum Gasteiger partial charge on any atom is 0.321 e. The zero-order valence-corrected chi connectivity index (χ0v) is 33.1. The molecule has 300 valence electrons. The summed E-state index contributed by atoms with van der Waals surface area (Å²) in [6.45, 7) is 12.9. The van der Waals surface area contributed by atoms with Crippen molar-refractivity contribution in [2.24, 2.45) is 39.9 Å². The Labute approximate surface area is 322 Å². The fourth-order valence-electron chi connectivity index (χ4n) is 13.5. The molecule has 4 saturated carbocycles. The Balaban J connectivity index is 1.52. The number of Topliss-reactive ketones (excluding diaryl/α,β-unsaturated/α-hetero) is 1. The summed E-state index contributed by atoms with van der Waals surface area (Å²) in [7, 11) is 1.27. The van der Waals surface area contributed by atoms with Gasteiger partial charge >= 0.3 is 29.8 Å². The maximum absolute atomic E-state index is 15.0. The van der Waals surface area contributed by atoms with E-state index in [2.05, 4.69) is 0 Å². The van der Waals surface area contributed by atoms with Gasteiger partial charge in [0, 0.05) is 60.8 Å². The number of esters is 5. The van der Waals surface area contributed by atoms with Crippen molar-refractivity contribution in [3.8, 4) is 0 Å². The molecule has 13 unspecified atom stereocenters. The first-order valence-electron chi connectivity index (χ1n) is 18.7. The van der Waals surface area contributed by atoms with Crippen LogP contribution in [0.5, 0.6) is 0 Å². The van der Waals surface area contributed by atoms with Gasteiger partial charge in [-0.1, -0.05) is 34.6 Å². The Bertz CT molecular complexity index is 1900. The average molecular weight is 791 g/mol. The van der Waals surface area contributed by atoms with Gasteiger partial charge in [-0.05, 0) is 31.2 Å². The molecule has 4 heterocycles. The number of rotatable bonds is 10. The van der Waals surface area contributed by atoms with Gasteiger partial charge < -0.3 is 42.3 Å². The quantitative estimate of drug-likeness (QED) is 0.142. The summed E-state index contributed by atoms with van der Waals surface area (Å²) in [4.78, 5) is 83.2. The Hall–Kier alpha value is -3.53. The molecule has 7 fully saturated rings. The van der Waals surface area contributed by atoms with Gasteiger partial charge in [0.1, 0.15) is 40.5 Å². The van der Waals surface area contributed by atoms with E-state index in [4.69, 9.17) is 53.9 Å². The van der Waals surface area contributed by atoms with Crippen molar-refractivity contribution in [2.45, 2.75) is 128 Å². The number of ether oxygens (including phenoxy) is 8. The van der Waals surface area contributed by atoms with E-state index in [1.807, 2.05) is 20.8 Å². The summed E-state index contributed by atoms with van der Waals surface area (Å²) >= 11 is 6.19. The van der Waals surface area contributed by atoms with E-state index in [0.29, 0.717) is 5.56 Å². The third kappa shape index (κ3) is 4.13. The largest absolute Gasteiger partial charge is 0.472 e. The maximum atomic E-state index is 15.0. The SMILES string of the molecule is COC(=O)CC1C2(C)CC34OC5(C)OC67C(C(C(=O)C(C)C)C(=O)OC6[C@]3(OC(=O)CCl)C2OC(C)=O)C(C)(C(OC(C)=O)c2ccoc2)CCC7(O5)C14C. The van der Waals surface area contributed by atoms with E-state index in [1.54, 1.807) is 26.8 Å². The lowest BCUT2D eigenvalue weighted by molar-refractivity contribution is -0.479. The average Bonchev–Trinajstić information content (AvgIpc) is 3.80. The topological polar surface area (TPSA) is 189 Å². The van der Waals surface area contributed by atoms with Gasteiger partial charge in [-0.2, -0.15) is 0 Å². The van der Waals surface area contributed by atoms with Crippen LogP contribution in [-0.2, 0) is 66.7 Å². The molecule has 3 spiro atoms. The number of halogens is 1. The minimum absolute atomic E-state index is 0.0429. The van der Waals surface area contributed by atoms with Crippen molar-refractivity contribution >= 4 is 47.2 Å². The molecule has 14 atom stereocenters. The van der Waals surface area contributed by atoms with Gasteiger partial charge in [0.25, 0.3) is 5.97 Å². The predicted octanol–water partition coefficient (Wildman–Crippen LogP) is 4.11. The number of hydrogen-bond donors (Lipinski definition) is 0. The standard InChI is InChI=1S/C39H47ClO15/c1-18(2)26(45)25-27-32(5,28(49-19(3)41)21-10-13-48-16-21)11-12-36-34(7)22(14-23(43)47-9)33(6)17-37(34)39(52-24(44)15-40,30(33)50-20(4)42)31(51-29(25)46)38(27,36)55-35(8,53-36)54-37/h10,13,16,18,22,25,27-28,30-31H,11-12,14-15,17H2,1-9H3/t22?,25?,27?,28?,30?,31?,32?,33?,34?,35?,36?,37?,38?,39-/m1/s1. The van der Waals surface area contributed by atoms with Crippen molar-refractivity contribution in [1.82, 2.24) is 0 Å². The lowest BCUT2D eigenvalue weighted by Crippen LogP contribution is -2.95. The molecule has 15 nitrogen and oxygen atoms in total. The smallest absolute Gasteiger partial charge is 0.321 e. The third-order valence-electron chi connectivity index (χ3n) is 14.8. The number of alkyl halides is 1. The summed E-state index contributed by atoms with van der Waals surface area (Å²) < 4.78 is 57.9. The number of hydrogen-bond acceptors (Lipinski definition) is 15. The lowest BCUT2D eigenvalue weighted by atomic mass is 9.32. The molecule has 0 aromatic carbocycles. The van der Waals surface area contributed by atoms with Gasteiger partial charge in [-0.3, -0.25) is 28.8 Å². The highest BCUT2D eigenvalue weighted by molar-refractivity contribution is 6.26. The van der Waals surface area contributed by atoms with Crippen LogP contribution in [0, 0.1) is 39.9 Å². The number of ketones is 1. The summed E-state index contributed by atoms with van der Waals surface area (Å²) in [6.07, 6.45) is -1.13. The van der Waals surface area contributed by atoms with Crippen LogP contribution in [0.15, 0.2) is 23.0 Å². The number of carbonyl (C=O) groups excluding carboxylic acids is 6. The van der Waals surface area contributed by atoms with Crippen LogP contribution in [0.2, 0.25) is 0 Å². The molecule has 55 heavy (non-hydrogen) atoms. The first kappa shape index (κ1) is 38.3. The van der Waals surface area contributed by atoms with E-state index < -0.39 is 128 Å². The van der Waals surface area contributed by atoms with Crippen LogP contribution in [0.4, 0.5) is 0 Å². The summed E-state index contributed by atoms with van der Waals surface area (Å²) in [6, 6.07) is 1.64. The first-order chi connectivity index (χ1) is 25.6. The van der Waals surface area contributed by atoms with Crippen LogP contribution >= 0.6 is 11.6 Å². The van der Waals surface area contributed by atoms with Crippen molar-refractivity contribution in [3.05, 3.63) is 24.2 Å². The van der Waals surface area contributed by atoms with Crippen LogP contribution in [0.3, 0.4) is 0 Å². The van der Waals surface area contributed by atoms with Gasteiger partial charge in [0.05, 0.1) is 19.6 Å². The summed E-state index contributed by atoms with van der Waals surface area (Å²) in [5, 5.41) is 0. The normalized spacial score (nSPS) is 47.1. The highest BCUT2D eigenvalue weighted by Crippen LogP contribution is 2.90. The molecule has 3 saturated heterocycles. The second-order valence-corrected chi connectivity index (χ2v) is 17.9. The molecule has 3 aliphatic heterocycles. The molecular formula is C39H47ClO15. The van der Waals surface area contributed by atoms with E-state index >= 15 is 0 Å². The van der Waals surface area contributed by atoms with Gasteiger partial charge in [-0.15, -0.1) is 11.6 Å². The van der Waals surface area contributed by atoms with Crippen LogP contribution in [0.25, 0.3) is 0 Å². The number of carbonyl (C=O) groups is 6. The fraction of sp³-hybridized carbons (Fsp3) is 0.744. The van der Waals surface area contributed by atoms with E-state index in [9.17, 15) is 28.8 Å². The van der Waals surface area contributed by atoms with Crippen molar-refractivity contribution in [3.63, 3.8) is 0 Å². The number of furan rings is 1. The second kappa shape index (κ2) is 11.5. The Morgan fingerprint density at radius 1 is 0.964 bits per heavy atom. The Morgan fingerprint density at radius 2 is 1.65 bits per heavy atom. The molecule has 8 rings (SSSR count). The van der Waals surface area contributed by atoms with Gasteiger partial charge in [0.15, 0.2) is 12.2 Å². The van der Waals surface area contributed by atoms with Gasteiger partial charge in [0.2, 0.25) is 5.60 Å². The highest BCUT2D eigenvalue weighted by atomic mass is 35.5. The molecule has 0 N–H and O–H groups in total. The van der Waals surface area contributed by atoms with Crippen molar-refractivity contribution in [2.75, 3.05) is 13.0 Å². The van der Waals surface area contributed by atoms with Gasteiger partial charge in [-0.25, -0.2) is 0 Å². The zero-order valence-electron chi connectivity index (χ0n) is 32.3. The van der Waals surface area contributed by atoms with Crippen LogP contribution < -0.4 is 0 Å². The molecular weight excluding hydrogens is 744 g/mol. The second-order valence-electron chi connectivity index (χ2n) is 17.6. The van der Waals surface area contributed by atoms with Crippen LogP contribution in [0.1, 0.15) is 92.7 Å². The first-order valence-corrected chi connectivity index (χ1v) is 19.2. The predicted molar refractivity (Wildman–Crippen MR) is 183 cm³/mol. The summed E-state index contributed by atoms with van der Waals surface area (Å²) in [5.74, 6) is -11.1. The number of fused-ring (bicyclic) bond motifs is 3. The molecule has 1 aromatic rings. The fourth-order valence-corrected chi connectivity index (χ4v) is 13.6. The van der Waals surface area contributed by atoms with Crippen molar-refractivity contribution < 1.29 is 71.1 Å². The molecule has 1 aromatic heterocycles. The highest BCUT2D eigenvalue weighted by Gasteiger charge is 3.06. The molecule has 7 aliphatic rings. The molecule has 16 heteroatoms. The van der Waals surface area contributed by atoms with E-state index in [1.165, 1.54) is 33.5 Å².